The zero-order valence-corrected chi connectivity index (χ0v) is 12.4. The lowest BCUT2D eigenvalue weighted by Gasteiger charge is -2.11. The second-order valence-corrected chi connectivity index (χ2v) is 4.85. The van der Waals surface area contributed by atoms with Gasteiger partial charge in [0.1, 0.15) is 0 Å². The van der Waals surface area contributed by atoms with Crippen LogP contribution in [0.25, 0.3) is 16.6 Å². The number of ether oxygens (including phenoxy) is 1. The maximum atomic E-state index is 12.7. The molecule has 0 aliphatic rings. The minimum absolute atomic E-state index is 0.164. The summed E-state index contributed by atoms with van der Waals surface area (Å²) in [5.41, 5.74) is -0.279. The van der Waals surface area contributed by atoms with Crippen molar-refractivity contribution in [3.8, 4) is 5.69 Å². The van der Waals surface area contributed by atoms with E-state index in [1.807, 2.05) is 0 Å². The predicted octanol–water partition coefficient (Wildman–Crippen LogP) is 1.86. The molecule has 0 atom stereocenters. The van der Waals surface area contributed by atoms with E-state index in [-0.39, 0.29) is 17.9 Å². The third-order valence-corrected chi connectivity index (χ3v) is 3.45. The topological polar surface area (TPSA) is 81.2 Å². The minimum Gasteiger partial charge on any atom is -0.462 e. The average Bonchev–Trinajstić information content (AvgIpc) is 2.55. The highest BCUT2D eigenvalue weighted by Crippen LogP contribution is 2.14. The lowest BCUT2D eigenvalue weighted by atomic mass is 10.1. The highest BCUT2D eigenvalue weighted by atomic mass is 16.5. The summed E-state index contributed by atoms with van der Waals surface area (Å²) in [4.78, 5) is 39.7. The number of aromatic nitrogens is 2. The number of esters is 1. The van der Waals surface area contributed by atoms with Crippen LogP contribution in [0.3, 0.4) is 0 Å². The maximum absolute atomic E-state index is 12.7. The quantitative estimate of drug-likeness (QED) is 0.749. The van der Waals surface area contributed by atoms with Crippen molar-refractivity contribution in [2.75, 3.05) is 6.61 Å². The standard InChI is InChI=1S/C17H14N2O4/c1-2-23-16(21)12-8-4-6-10-14(12)19-15(20)11-7-3-5-9-13(11)18-17(19)22/h3-10H,2H2,1H3,(H,18,22). The van der Waals surface area contributed by atoms with Gasteiger partial charge in [-0.3, -0.25) is 4.79 Å². The van der Waals surface area contributed by atoms with Crippen molar-refractivity contribution in [2.24, 2.45) is 0 Å². The molecular weight excluding hydrogens is 296 g/mol. The molecule has 0 radical (unpaired) electrons. The zero-order chi connectivity index (χ0) is 16.4. The van der Waals surface area contributed by atoms with E-state index in [1.165, 1.54) is 12.1 Å². The molecule has 0 bridgehead atoms. The van der Waals surface area contributed by atoms with Gasteiger partial charge in [-0.25, -0.2) is 14.2 Å². The molecule has 0 aliphatic heterocycles. The summed E-state index contributed by atoms with van der Waals surface area (Å²) in [5, 5.41) is 0.366. The molecule has 0 aliphatic carbocycles. The first-order chi connectivity index (χ1) is 11.1. The molecule has 0 amide bonds. The van der Waals surface area contributed by atoms with Gasteiger partial charge in [-0.05, 0) is 31.2 Å². The first-order valence-corrected chi connectivity index (χ1v) is 7.14. The Labute approximate surface area is 131 Å². The fourth-order valence-corrected chi connectivity index (χ4v) is 2.43. The number of H-pyrrole nitrogens is 1. The summed E-state index contributed by atoms with van der Waals surface area (Å²) >= 11 is 0. The molecule has 0 fully saturated rings. The fourth-order valence-electron chi connectivity index (χ4n) is 2.43. The lowest BCUT2D eigenvalue weighted by molar-refractivity contribution is 0.0526. The molecule has 23 heavy (non-hydrogen) atoms. The van der Waals surface area contributed by atoms with E-state index in [4.69, 9.17) is 4.74 Å². The predicted molar refractivity (Wildman–Crippen MR) is 86.1 cm³/mol. The molecule has 3 aromatic rings. The Morgan fingerprint density at radius 1 is 1.09 bits per heavy atom. The van der Waals surface area contributed by atoms with Gasteiger partial charge < -0.3 is 9.72 Å². The third kappa shape index (κ3) is 2.55. The second-order valence-electron chi connectivity index (χ2n) is 4.85. The van der Waals surface area contributed by atoms with Crippen molar-refractivity contribution in [2.45, 2.75) is 6.92 Å². The Morgan fingerprint density at radius 3 is 2.57 bits per heavy atom. The smallest absolute Gasteiger partial charge is 0.340 e. The Kier molecular flexibility index (Phi) is 3.80. The number of rotatable bonds is 3. The van der Waals surface area contributed by atoms with Crippen LogP contribution in [-0.4, -0.2) is 22.1 Å². The summed E-state index contributed by atoms with van der Waals surface area (Å²) < 4.78 is 5.94. The van der Waals surface area contributed by atoms with Crippen molar-refractivity contribution in [3.05, 3.63) is 74.9 Å². The van der Waals surface area contributed by atoms with Gasteiger partial charge in [0, 0.05) is 0 Å². The van der Waals surface area contributed by atoms with Gasteiger partial charge in [0.2, 0.25) is 0 Å². The van der Waals surface area contributed by atoms with Gasteiger partial charge in [0.05, 0.1) is 28.8 Å². The highest BCUT2D eigenvalue weighted by molar-refractivity contribution is 5.93. The summed E-state index contributed by atoms with van der Waals surface area (Å²) in [7, 11) is 0. The summed E-state index contributed by atoms with van der Waals surface area (Å²) in [6.07, 6.45) is 0. The van der Waals surface area contributed by atoms with Crippen molar-refractivity contribution in [3.63, 3.8) is 0 Å². The van der Waals surface area contributed by atoms with E-state index in [1.54, 1.807) is 43.3 Å². The number of para-hydroxylation sites is 2. The minimum atomic E-state index is -0.606. The summed E-state index contributed by atoms with van der Waals surface area (Å²) in [6.45, 7) is 1.89. The molecule has 116 valence electrons. The number of carbonyl (C=O) groups excluding carboxylic acids is 1. The molecule has 6 heteroatoms. The van der Waals surface area contributed by atoms with Crippen molar-refractivity contribution >= 4 is 16.9 Å². The number of hydrogen-bond acceptors (Lipinski definition) is 4. The first kappa shape index (κ1) is 14.8. The Balaban J connectivity index is 2.32. The van der Waals surface area contributed by atoms with Gasteiger partial charge >= 0.3 is 11.7 Å². The van der Waals surface area contributed by atoms with E-state index in [2.05, 4.69) is 4.98 Å². The average molecular weight is 310 g/mol. The van der Waals surface area contributed by atoms with E-state index in [0.29, 0.717) is 10.9 Å². The van der Waals surface area contributed by atoms with E-state index < -0.39 is 17.2 Å². The number of nitrogens with zero attached hydrogens (tertiary/aromatic N) is 1. The highest BCUT2D eigenvalue weighted by Gasteiger charge is 2.17. The molecule has 1 N–H and O–H groups in total. The number of carbonyl (C=O) groups is 1. The van der Waals surface area contributed by atoms with Crippen molar-refractivity contribution < 1.29 is 9.53 Å². The monoisotopic (exact) mass is 310 g/mol. The Morgan fingerprint density at radius 2 is 1.78 bits per heavy atom. The second kappa shape index (κ2) is 5.92. The van der Waals surface area contributed by atoms with E-state index in [0.717, 1.165) is 4.57 Å². The molecular formula is C17H14N2O4. The number of aromatic amines is 1. The van der Waals surface area contributed by atoms with Gasteiger partial charge in [-0.2, -0.15) is 0 Å². The zero-order valence-electron chi connectivity index (χ0n) is 12.4. The molecule has 2 aromatic carbocycles. The van der Waals surface area contributed by atoms with Crippen LogP contribution in [0.15, 0.2) is 58.1 Å². The maximum Gasteiger partial charge on any atom is 0.340 e. The SMILES string of the molecule is CCOC(=O)c1ccccc1-n1c(=O)[nH]c2ccccc2c1=O. The van der Waals surface area contributed by atoms with Crippen LogP contribution in [0.4, 0.5) is 0 Å². The number of fused-ring (bicyclic) bond motifs is 1. The number of benzene rings is 2. The molecule has 1 heterocycles. The Hall–Kier alpha value is -3.15. The van der Waals surface area contributed by atoms with E-state index >= 15 is 0 Å². The molecule has 0 unspecified atom stereocenters. The van der Waals surface area contributed by atoms with Crippen LogP contribution in [0.5, 0.6) is 0 Å². The summed E-state index contributed by atoms with van der Waals surface area (Å²) in [5.74, 6) is -0.581. The van der Waals surface area contributed by atoms with E-state index in [9.17, 15) is 14.4 Å². The fraction of sp³-hybridized carbons (Fsp3) is 0.118. The lowest BCUT2D eigenvalue weighted by Crippen LogP contribution is -2.34. The molecule has 6 nitrogen and oxygen atoms in total. The number of hydrogen-bond donors (Lipinski definition) is 1. The Bertz CT molecular complexity index is 1000. The normalized spacial score (nSPS) is 10.7. The third-order valence-electron chi connectivity index (χ3n) is 3.45. The van der Waals surface area contributed by atoms with Gasteiger partial charge in [0.25, 0.3) is 5.56 Å². The van der Waals surface area contributed by atoms with Crippen LogP contribution in [0.1, 0.15) is 17.3 Å². The van der Waals surface area contributed by atoms with Crippen LogP contribution in [0, 0.1) is 0 Å². The largest absolute Gasteiger partial charge is 0.462 e. The van der Waals surface area contributed by atoms with Crippen LogP contribution in [0.2, 0.25) is 0 Å². The first-order valence-electron chi connectivity index (χ1n) is 7.14. The van der Waals surface area contributed by atoms with Crippen molar-refractivity contribution in [1.29, 1.82) is 0 Å². The molecule has 0 saturated heterocycles. The van der Waals surface area contributed by atoms with Gasteiger partial charge in [-0.15, -0.1) is 0 Å². The molecule has 0 saturated carbocycles. The van der Waals surface area contributed by atoms with Crippen LogP contribution in [-0.2, 0) is 4.74 Å². The van der Waals surface area contributed by atoms with Crippen LogP contribution < -0.4 is 11.2 Å². The summed E-state index contributed by atoms with van der Waals surface area (Å²) in [6, 6.07) is 13.1. The van der Waals surface area contributed by atoms with Crippen molar-refractivity contribution in [1.82, 2.24) is 9.55 Å². The van der Waals surface area contributed by atoms with Gasteiger partial charge in [-0.1, -0.05) is 24.3 Å². The van der Waals surface area contributed by atoms with Gasteiger partial charge in [0.15, 0.2) is 0 Å². The van der Waals surface area contributed by atoms with Crippen LogP contribution >= 0.6 is 0 Å². The molecule has 1 aromatic heterocycles. The molecule has 0 spiro atoms. The molecule has 3 rings (SSSR count). The number of nitrogens with one attached hydrogen (secondary N) is 1.